The van der Waals surface area contributed by atoms with Crippen LogP contribution < -0.4 is 4.74 Å². The quantitative estimate of drug-likeness (QED) is 0.759. The summed E-state index contributed by atoms with van der Waals surface area (Å²) in [6, 6.07) is 11.5. The monoisotopic (exact) mass is 357 g/mol. The molecule has 130 valence electrons. The van der Waals surface area contributed by atoms with E-state index >= 15 is 0 Å². The molecule has 1 aliphatic rings. The number of pyridine rings is 1. The Morgan fingerprint density at radius 1 is 1.28 bits per heavy atom. The van der Waals surface area contributed by atoms with Crippen LogP contribution in [0.3, 0.4) is 0 Å². The van der Waals surface area contributed by atoms with E-state index in [0.717, 1.165) is 37.6 Å². The van der Waals surface area contributed by atoms with Gasteiger partial charge in [0.15, 0.2) is 0 Å². The lowest BCUT2D eigenvalue weighted by molar-refractivity contribution is -0.0503. The molecule has 1 saturated heterocycles. The lowest BCUT2D eigenvalue weighted by Gasteiger charge is -2.32. The fraction of sp³-hybridized carbons (Fsp3) is 0.316. The average Bonchev–Trinajstić information content (AvgIpc) is 3.05. The predicted molar refractivity (Wildman–Crippen MR) is 98.1 cm³/mol. The Morgan fingerprint density at radius 3 is 3.04 bits per heavy atom. The van der Waals surface area contributed by atoms with Gasteiger partial charge in [-0.15, -0.1) is 0 Å². The van der Waals surface area contributed by atoms with Crippen molar-refractivity contribution >= 4 is 22.6 Å². The molecule has 0 aliphatic carbocycles. The van der Waals surface area contributed by atoms with Crippen molar-refractivity contribution in [1.29, 1.82) is 0 Å². The van der Waals surface area contributed by atoms with Crippen molar-refractivity contribution in [1.82, 2.24) is 14.9 Å². The highest BCUT2D eigenvalue weighted by molar-refractivity contribution is 6.30. The molecule has 1 fully saturated rings. The molecule has 1 N–H and O–H groups in total. The molecule has 5 nitrogen and oxygen atoms in total. The van der Waals surface area contributed by atoms with Crippen LogP contribution in [0, 0.1) is 0 Å². The van der Waals surface area contributed by atoms with Crippen LogP contribution in [0.5, 0.6) is 5.75 Å². The van der Waals surface area contributed by atoms with Crippen LogP contribution in [0.15, 0.2) is 48.8 Å². The standard InChI is InChI=1S/C19H20ClN3O2/c20-15-3-5-16(6-4-15)25-13-17-12-23(8-9-24-17)11-14-10-22-19-18(14)2-1-7-21-19/h1-7,10,17H,8-9,11-13H2,(H,21,22). The van der Waals surface area contributed by atoms with Crippen molar-refractivity contribution in [3.05, 3.63) is 59.4 Å². The van der Waals surface area contributed by atoms with E-state index in [9.17, 15) is 0 Å². The molecule has 1 atom stereocenters. The maximum Gasteiger partial charge on any atom is 0.137 e. The summed E-state index contributed by atoms with van der Waals surface area (Å²) in [5, 5.41) is 1.89. The van der Waals surface area contributed by atoms with Gasteiger partial charge in [0, 0.05) is 42.4 Å². The van der Waals surface area contributed by atoms with Gasteiger partial charge in [-0.1, -0.05) is 11.6 Å². The van der Waals surface area contributed by atoms with Crippen molar-refractivity contribution in [2.45, 2.75) is 12.6 Å². The third-order valence-electron chi connectivity index (χ3n) is 4.40. The van der Waals surface area contributed by atoms with Crippen LogP contribution in [0.1, 0.15) is 5.56 Å². The van der Waals surface area contributed by atoms with Gasteiger partial charge in [-0.3, -0.25) is 4.90 Å². The Labute approximate surface area is 151 Å². The summed E-state index contributed by atoms with van der Waals surface area (Å²) in [6.07, 6.45) is 3.92. The van der Waals surface area contributed by atoms with Crippen LogP contribution in [-0.4, -0.2) is 47.3 Å². The van der Waals surface area contributed by atoms with Gasteiger partial charge in [0.1, 0.15) is 24.1 Å². The van der Waals surface area contributed by atoms with Gasteiger partial charge in [0.05, 0.1) is 6.61 Å². The molecular weight excluding hydrogens is 338 g/mol. The van der Waals surface area contributed by atoms with Crippen molar-refractivity contribution < 1.29 is 9.47 Å². The molecule has 6 heteroatoms. The number of halogens is 1. The van der Waals surface area contributed by atoms with Crippen LogP contribution in [0.25, 0.3) is 11.0 Å². The van der Waals surface area contributed by atoms with E-state index in [-0.39, 0.29) is 6.10 Å². The second-order valence-electron chi connectivity index (χ2n) is 6.21. The third-order valence-corrected chi connectivity index (χ3v) is 4.66. The number of ether oxygens (including phenoxy) is 2. The van der Waals surface area contributed by atoms with Crippen molar-refractivity contribution in [2.24, 2.45) is 0 Å². The van der Waals surface area contributed by atoms with Gasteiger partial charge in [0.25, 0.3) is 0 Å². The molecule has 4 rings (SSSR count). The summed E-state index contributed by atoms with van der Waals surface area (Å²) in [5.74, 6) is 0.813. The van der Waals surface area contributed by atoms with Crippen LogP contribution in [0.2, 0.25) is 5.02 Å². The van der Waals surface area contributed by atoms with Gasteiger partial charge in [-0.2, -0.15) is 0 Å². The highest BCUT2D eigenvalue weighted by Crippen LogP contribution is 2.20. The Kier molecular flexibility index (Phi) is 4.88. The van der Waals surface area contributed by atoms with Crippen LogP contribution >= 0.6 is 11.6 Å². The maximum atomic E-state index is 5.89. The Morgan fingerprint density at radius 2 is 2.16 bits per heavy atom. The number of morpholine rings is 1. The topological polar surface area (TPSA) is 50.4 Å². The lowest BCUT2D eigenvalue weighted by Crippen LogP contribution is -2.44. The zero-order chi connectivity index (χ0) is 17.1. The number of aromatic amines is 1. The maximum absolute atomic E-state index is 5.89. The minimum Gasteiger partial charge on any atom is -0.491 e. The van der Waals surface area contributed by atoms with Gasteiger partial charge in [0.2, 0.25) is 0 Å². The highest BCUT2D eigenvalue weighted by atomic mass is 35.5. The molecule has 1 aliphatic heterocycles. The number of hydrogen-bond acceptors (Lipinski definition) is 4. The Bertz CT molecular complexity index is 834. The summed E-state index contributed by atoms with van der Waals surface area (Å²) in [5.41, 5.74) is 2.20. The summed E-state index contributed by atoms with van der Waals surface area (Å²) >= 11 is 5.89. The molecule has 0 amide bonds. The molecular formula is C19H20ClN3O2. The average molecular weight is 358 g/mol. The first-order valence-electron chi connectivity index (χ1n) is 8.41. The van der Waals surface area contributed by atoms with Gasteiger partial charge >= 0.3 is 0 Å². The molecule has 1 aromatic carbocycles. The normalized spacial score (nSPS) is 18.5. The number of nitrogens with one attached hydrogen (secondary N) is 1. The molecule has 0 saturated carbocycles. The molecule has 25 heavy (non-hydrogen) atoms. The van der Waals surface area contributed by atoms with Gasteiger partial charge < -0.3 is 14.5 Å². The van der Waals surface area contributed by atoms with E-state index in [0.29, 0.717) is 11.6 Å². The van der Waals surface area contributed by atoms with Crippen molar-refractivity contribution in [2.75, 3.05) is 26.3 Å². The first-order chi connectivity index (χ1) is 12.3. The van der Waals surface area contributed by atoms with Crippen molar-refractivity contribution in [3.8, 4) is 5.75 Å². The molecule has 3 aromatic rings. The molecule has 0 spiro atoms. The third kappa shape index (κ3) is 3.95. The van der Waals surface area contributed by atoms with E-state index in [1.807, 2.05) is 42.7 Å². The van der Waals surface area contributed by atoms with E-state index in [4.69, 9.17) is 21.1 Å². The van der Waals surface area contributed by atoms with E-state index in [1.54, 1.807) is 0 Å². The highest BCUT2D eigenvalue weighted by Gasteiger charge is 2.22. The zero-order valence-electron chi connectivity index (χ0n) is 13.8. The lowest BCUT2D eigenvalue weighted by atomic mass is 10.2. The van der Waals surface area contributed by atoms with Gasteiger partial charge in [-0.05, 0) is 42.0 Å². The molecule has 0 radical (unpaired) electrons. The number of benzene rings is 1. The minimum absolute atomic E-state index is 0.0627. The predicted octanol–water partition coefficient (Wildman–Crippen LogP) is 3.50. The van der Waals surface area contributed by atoms with Crippen LogP contribution in [0.4, 0.5) is 0 Å². The summed E-state index contributed by atoms with van der Waals surface area (Å²) < 4.78 is 11.7. The largest absolute Gasteiger partial charge is 0.491 e. The number of H-pyrrole nitrogens is 1. The van der Waals surface area contributed by atoms with Gasteiger partial charge in [-0.25, -0.2) is 4.98 Å². The van der Waals surface area contributed by atoms with Crippen LogP contribution in [-0.2, 0) is 11.3 Å². The zero-order valence-corrected chi connectivity index (χ0v) is 14.6. The number of aromatic nitrogens is 2. The fourth-order valence-corrected chi connectivity index (χ4v) is 3.26. The summed E-state index contributed by atoms with van der Waals surface area (Å²) in [6.45, 7) is 3.90. The Balaban J connectivity index is 1.35. The smallest absolute Gasteiger partial charge is 0.137 e. The fourth-order valence-electron chi connectivity index (χ4n) is 3.13. The molecule has 3 heterocycles. The van der Waals surface area contributed by atoms with Crippen molar-refractivity contribution in [3.63, 3.8) is 0 Å². The minimum atomic E-state index is 0.0627. The summed E-state index contributed by atoms with van der Waals surface area (Å²) in [7, 11) is 0. The first-order valence-corrected chi connectivity index (χ1v) is 8.79. The second-order valence-corrected chi connectivity index (χ2v) is 6.64. The number of rotatable bonds is 5. The Hall–Kier alpha value is -2.08. The molecule has 2 aromatic heterocycles. The number of nitrogens with zero attached hydrogens (tertiary/aromatic N) is 2. The number of fused-ring (bicyclic) bond motifs is 1. The molecule has 1 unspecified atom stereocenters. The SMILES string of the molecule is Clc1ccc(OCC2CN(Cc3c[nH]c4ncccc34)CCO2)cc1. The summed E-state index contributed by atoms with van der Waals surface area (Å²) in [4.78, 5) is 9.98. The van der Waals surface area contributed by atoms with E-state index in [2.05, 4.69) is 20.9 Å². The molecule has 0 bridgehead atoms. The van der Waals surface area contributed by atoms with E-state index in [1.165, 1.54) is 10.9 Å². The second kappa shape index (κ2) is 7.44. The van der Waals surface area contributed by atoms with E-state index < -0.39 is 0 Å². The number of hydrogen-bond donors (Lipinski definition) is 1. The first kappa shape index (κ1) is 16.4.